The van der Waals surface area contributed by atoms with Crippen LogP contribution in [0.5, 0.6) is 0 Å². The molecule has 1 aromatic heterocycles. The Kier molecular flexibility index (Phi) is 6.41. The number of benzene rings is 1. The van der Waals surface area contributed by atoms with Gasteiger partial charge in [-0.2, -0.15) is 0 Å². The lowest BCUT2D eigenvalue weighted by molar-refractivity contribution is -0.133. The van der Waals surface area contributed by atoms with E-state index in [1.54, 1.807) is 4.57 Å². The molecule has 2 heterocycles. The van der Waals surface area contributed by atoms with Crippen LogP contribution in [0.3, 0.4) is 0 Å². The number of carbonyl (C=O) groups is 2. The van der Waals surface area contributed by atoms with E-state index in [0.29, 0.717) is 45.7 Å². The third-order valence-corrected chi connectivity index (χ3v) is 5.56. The van der Waals surface area contributed by atoms with Gasteiger partial charge in [-0.1, -0.05) is 29.5 Å². The third-order valence-electron chi connectivity index (χ3n) is 4.68. The Hall–Kier alpha value is -2.45. The highest BCUT2D eigenvalue weighted by Crippen LogP contribution is 2.08. The van der Waals surface area contributed by atoms with Gasteiger partial charge in [0.05, 0.1) is 6.54 Å². The van der Waals surface area contributed by atoms with Crippen LogP contribution in [0.2, 0.25) is 0 Å². The molecule has 1 aliphatic rings. The van der Waals surface area contributed by atoms with Crippen LogP contribution >= 0.6 is 11.3 Å². The molecule has 0 aliphatic carbocycles. The van der Waals surface area contributed by atoms with E-state index in [9.17, 15) is 14.4 Å². The fraction of sp³-hybridized carbons (Fsp3) is 0.421. The molecule has 1 fully saturated rings. The van der Waals surface area contributed by atoms with Crippen molar-refractivity contribution in [3.8, 4) is 0 Å². The summed E-state index contributed by atoms with van der Waals surface area (Å²) in [6.07, 6.45) is 0.325. The molecule has 0 bridgehead atoms. The zero-order chi connectivity index (χ0) is 19.2. The summed E-state index contributed by atoms with van der Waals surface area (Å²) >= 11 is 1.16. The van der Waals surface area contributed by atoms with E-state index in [1.807, 2.05) is 47.5 Å². The quantitative estimate of drug-likeness (QED) is 0.812. The molecule has 27 heavy (non-hydrogen) atoms. The Balaban J connectivity index is 1.41. The molecule has 7 nitrogen and oxygen atoms in total. The second-order valence-electron chi connectivity index (χ2n) is 6.62. The van der Waals surface area contributed by atoms with Crippen LogP contribution in [0.25, 0.3) is 0 Å². The maximum absolute atomic E-state index is 12.4. The second-order valence-corrected chi connectivity index (χ2v) is 7.44. The summed E-state index contributed by atoms with van der Waals surface area (Å²) in [5.74, 6) is 0.00849. The summed E-state index contributed by atoms with van der Waals surface area (Å²) in [5.41, 5.74) is 1.68. The number of nitrogens with one attached hydrogen (secondary N) is 1. The van der Waals surface area contributed by atoms with Crippen LogP contribution in [0.4, 0.5) is 5.69 Å². The van der Waals surface area contributed by atoms with E-state index in [4.69, 9.17) is 0 Å². The predicted octanol–water partition coefficient (Wildman–Crippen LogP) is 1.39. The first-order valence-corrected chi connectivity index (χ1v) is 9.91. The summed E-state index contributed by atoms with van der Waals surface area (Å²) in [4.78, 5) is 40.1. The van der Waals surface area contributed by atoms with Crippen molar-refractivity contribution in [2.75, 3.05) is 38.0 Å². The zero-order valence-corrected chi connectivity index (χ0v) is 16.2. The molecular weight excluding hydrogens is 364 g/mol. The number of piperazine rings is 1. The van der Waals surface area contributed by atoms with Gasteiger partial charge in [0, 0.05) is 55.9 Å². The van der Waals surface area contributed by atoms with Crippen molar-refractivity contribution in [3.63, 3.8) is 0 Å². The largest absolute Gasteiger partial charge is 0.340 e. The SMILES string of the molecule is Cc1csc(=O)n1CCC(=O)N1CCN(CC(=O)Nc2ccccc2)CC1. The van der Waals surface area contributed by atoms with Crippen LogP contribution in [0, 0.1) is 6.92 Å². The summed E-state index contributed by atoms with van der Waals surface area (Å²) < 4.78 is 1.65. The molecule has 1 saturated heterocycles. The number of nitrogens with zero attached hydrogens (tertiary/aromatic N) is 3. The van der Waals surface area contributed by atoms with Gasteiger partial charge in [-0.15, -0.1) is 0 Å². The summed E-state index contributed by atoms with van der Waals surface area (Å²) in [6.45, 7) is 5.18. The zero-order valence-electron chi connectivity index (χ0n) is 15.4. The molecule has 2 amide bonds. The van der Waals surface area contributed by atoms with Crippen molar-refractivity contribution in [3.05, 3.63) is 51.1 Å². The average molecular weight is 388 g/mol. The summed E-state index contributed by atoms with van der Waals surface area (Å²) in [7, 11) is 0. The van der Waals surface area contributed by atoms with Crippen molar-refractivity contribution < 1.29 is 9.59 Å². The second kappa shape index (κ2) is 8.96. The number of aromatic nitrogens is 1. The number of aryl methyl sites for hydroxylation is 1. The number of amides is 2. The Labute approximate surface area is 162 Å². The number of carbonyl (C=O) groups excluding carboxylic acids is 2. The van der Waals surface area contributed by atoms with Crippen LogP contribution in [-0.4, -0.2) is 58.9 Å². The monoisotopic (exact) mass is 388 g/mol. The number of hydrogen-bond donors (Lipinski definition) is 1. The van der Waals surface area contributed by atoms with E-state index in [0.717, 1.165) is 22.7 Å². The Bertz CT molecular complexity index is 838. The van der Waals surface area contributed by atoms with Crippen molar-refractivity contribution in [1.82, 2.24) is 14.4 Å². The maximum Gasteiger partial charge on any atom is 0.307 e. The Morgan fingerprint density at radius 1 is 1.11 bits per heavy atom. The molecule has 0 radical (unpaired) electrons. The minimum atomic E-state index is -0.0479. The van der Waals surface area contributed by atoms with E-state index in [-0.39, 0.29) is 16.7 Å². The first kappa shape index (κ1) is 19.3. The number of hydrogen-bond acceptors (Lipinski definition) is 5. The number of anilines is 1. The first-order valence-electron chi connectivity index (χ1n) is 9.03. The molecule has 0 atom stereocenters. The molecule has 1 N–H and O–H groups in total. The van der Waals surface area contributed by atoms with Crippen LogP contribution in [0.1, 0.15) is 12.1 Å². The molecule has 2 aromatic rings. The van der Waals surface area contributed by atoms with Gasteiger partial charge in [0.2, 0.25) is 11.8 Å². The Morgan fingerprint density at radius 2 is 1.81 bits per heavy atom. The minimum Gasteiger partial charge on any atom is -0.340 e. The van der Waals surface area contributed by atoms with E-state index in [1.165, 1.54) is 0 Å². The molecule has 1 aromatic carbocycles. The lowest BCUT2D eigenvalue weighted by atomic mass is 10.2. The average Bonchev–Trinajstić information content (AvgIpc) is 2.99. The summed E-state index contributed by atoms with van der Waals surface area (Å²) in [6, 6.07) is 9.38. The molecule has 0 unspecified atom stereocenters. The van der Waals surface area contributed by atoms with Gasteiger partial charge < -0.3 is 14.8 Å². The van der Waals surface area contributed by atoms with Crippen molar-refractivity contribution in [2.45, 2.75) is 19.9 Å². The lowest BCUT2D eigenvalue weighted by Gasteiger charge is -2.34. The van der Waals surface area contributed by atoms with Crippen LogP contribution in [-0.2, 0) is 16.1 Å². The molecular formula is C19H24N4O3S. The van der Waals surface area contributed by atoms with Gasteiger partial charge in [-0.05, 0) is 19.1 Å². The van der Waals surface area contributed by atoms with E-state index >= 15 is 0 Å². The van der Waals surface area contributed by atoms with Crippen molar-refractivity contribution in [1.29, 1.82) is 0 Å². The maximum atomic E-state index is 12.4. The molecule has 0 spiro atoms. The van der Waals surface area contributed by atoms with Gasteiger partial charge in [-0.3, -0.25) is 19.3 Å². The normalized spacial score (nSPS) is 14.9. The van der Waals surface area contributed by atoms with E-state index in [2.05, 4.69) is 10.2 Å². The van der Waals surface area contributed by atoms with Crippen molar-refractivity contribution in [2.24, 2.45) is 0 Å². The highest BCUT2D eigenvalue weighted by molar-refractivity contribution is 7.07. The van der Waals surface area contributed by atoms with Crippen LogP contribution in [0.15, 0.2) is 40.5 Å². The van der Waals surface area contributed by atoms with Crippen LogP contribution < -0.4 is 10.2 Å². The number of thiazole rings is 1. The Morgan fingerprint density at radius 3 is 2.44 bits per heavy atom. The standard InChI is InChI=1S/C19H24N4O3S/c1-15-14-27-19(26)23(15)8-7-18(25)22-11-9-21(10-12-22)13-17(24)20-16-5-3-2-4-6-16/h2-6,14H,7-13H2,1H3,(H,20,24). The summed E-state index contributed by atoms with van der Waals surface area (Å²) in [5, 5.41) is 4.69. The fourth-order valence-electron chi connectivity index (χ4n) is 3.12. The first-order chi connectivity index (χ1) is 13.0. The van der Waals surface area contributed by atoms with Gasteiger partial charge in [0.1, 0.15) is 0 Å². The molecule has 8 heteroatoms. The van der Waals surface area contributed by atoms with Gasteiger partial charge >= 0.3 is 4.87 Å². The lowest BCUT2D eigenvalue weighted by Crippen LogP contribution is -2.50. The molecule has 1 aliphatic heterocycles. The number of rotatable bonds is 6. The highest BCUT2D eigenvalue weighted by Gasteiger charge is 2.22. The predicted molar refractivity (Wildman–Crippen MR) is 106 cm³/mol. The van der Waals surface area contributed by atoms with Gasteiger partial charge in [-0.25, -0.2) is 0 Å². The van der Waals surface area contributed by atoms with Gasteiger partial charge in [0.25, 0.3) is 0 Å². The fourth-order valence-corrected chi connectivity index (χ4v) is 3.88. The molecule has 0 saturated carbocycles. The molecule has 3 rings (SSSR count). The topological polar surface area (TPSA) is 74.7 Å². The van der Waals surface area contributed by atoms with Gasteiger partial charge in [0.15, 0.2) is 0 Å². The van der Waals surface area contributed by atoms with E-state index < -0.39 is 0 Å². The number of para-hydroxylation sites is 1. The third kappa shape index (κ3) is 5.27. The molecule has 144 valence electrons. The smallest absolute Gasteiger partial charge is 0.307 e. The minimum absolute atomic E-state index is 0.0189. The van der Waals surface area contributed by atoms with Crippen molar-refractivity contribution >= 4 is 28.8 Å². The highest BCUT2D eigenvalue weighted by atomic mass is 32.1.